The molecule has 0 bridgehead atoms. The van der Waals surface area contributed by atoms with Gasteiger partial charge in [0.25, 0.3) is 0 Å². The van der Waals surface area contributed by atoms with Gasteiger partial charge in [-0.15, -0.1) is 0 Å². The number of nitrogens with one attached hydrogen (secondary N) is 1. The highest BCUT2D eigenvalue weighted by atomic mass is 32.2. The van der Waals surface area contributed by atoms with E-state index in [9.17, 15) is 34.9 Å². The molecule has 0 amide bonds. The van der Waals surface area contributed by atoms with Gasteiger partial charge in [0.1, 0.15) is 0 Å². The fourth-order valence-corrected chi connectivity index (χ4v) is 1.49. The second kappa shape index (κ2) is 9.40. The Labute approximate surface area is 113 Å². The number of alkyl halides is 5. The molecule has 0 aliphatic carbocycles. The number of unbranched alkanes of at least 4 members (excludes halogenated alkanes) is 2. The first-order chi connectivity index (χ1) is 8.93. The molecule has 4 nitrogen and oxygen atoms in total. The highest BCUT2D eigenvalue weighted by Gasteiger charge is 2.46. The Hall–Kier alpha value is -0.550. The molecule has 0 fully saturated rings. The first kappa shape index (κ1) is 21.7. The zero-order valence-electron chi connectivity index (χ0n) is 10.9. The van der Waals surface area contributed by atoms with Crippen LogP contribution in [-0.2, 0) is 14.5 Å². The third-order valence-corrected chi connectivity index (χ3v) is 2.98. The van der Waals surface area contributed by atoms with E-state index in [1.807, 2.05) is 14.1 Å². The van der Waals surface area contributed by atoms with E-state index in [1.165, 1.54) is 0 Å². The third kappa shape index (κ3) is 10.3. The highest BCUT2D eigenvalue weighted by Crippen LogP contribution is 2.30. The molecule has 0 aromatic rings. The Morgan fingerprint density at radius 1 is 0.950 bits per heavy atom. The molecule has 1 N–H and O–H groups in total. The summed E-state index contributed by atoms with van der Waals surface area (Å²) in [6, 6.07) is 0. The van der Waals surface area contributed by atoms with Crippen molar-refractivity contribution in [1.82, 2.24) is 5.32 Å². The summed E-state index contributed by atoms with van der Waals surface area (Å²) in [7, 11) is -1.89. The summed E-state index contributed by atoms with van der Waals surface area (Å²) in [4.78, 5) is 0. The van der Waals surface area contributed by atoms with Crippen LogP contribution < -0.4 is 5.32 Å². The SMILES string of the molecule is CNC.O=S(=O)(OF)C(F)(F)CCCCCC(F)(F)F. The topological polar surface area (TPSA) is 55.4 Å². The first-order valence-corrected chi connectivity index (χ1v) is 6.92. The van der Waals surface area contributed by atoms with Gasteiger partial charge >= 0.3 is 21.5 Å². The Morgan fingerprint density at radius 2 is 1.35 bits per heavy atom. The second-order valence-electron chi connectivity index (χ2n) is 3.83. The van der Waals surface area contributed by atoms with Gasteiger partial charge in [0.15, 0.2) is 0 Å². The summed E-state index contributed by atoms with van der Waals surface area (Å²) >= 11 is 0. The summed E-state index contributed by atoms with van der Waals surface area (Å²) in [6.45, 7) is 0. The van der Waals surface area contributed by atoms with Crippen molar-refractivity contribution in [3.05, 3.63) is 0 Å². The molecule has 0 radical (unpaired) electrons. The van der Waals surface area contributed by atoms with Gasteiger partial charge < -0.3 is 5.32 Å². The minimum absolute atomic E-state index is 0.239. The first-order valence-electron chi connectivity index (χ1n) is 5.51. The summed E-state index contributed by atoms with van der Waals surface area (Å²) in [5.41, 5.74) is 0. The lowest BCUT2D eigenvalue weighted by Gasteiger charge is -2.13. The zero-order chi connectivity index (χ0) is 16.4. The molecular weight excluding hydrogens is 316 g/mol. The van der Waals surface area contributed by atoms with E-state index in [1.54, 1.807) is 0 Å². The van der Waals surface area contributed by atoms with E-state index < -0.39 is 47.2 Å². The summed E-state index contributed by atoms with van der Waals surface area (Å²) in [6.07, 6.45) is -7.91. The molecule has 0 atom stereocenters. The molecule has 0 heterocycles. The molecule has 0 aromatic heterocycles. The standard InChI is InChI=1S/C7H10F6O3S.C2H7N/c8-6(9,10)4-2-1-3-5-7(11,12)17(14,15)16-13;1-3-2/h1-5H2;3H,1-2H3. The van der Waals surface area contributed by atoms with Gasteiger partial charge in [0.2, 0.25) is 0 Å². The Morgan fingerprint density at radius 3 is 1.70 bits per heavy atom. The smallest absolute Gasteiger partial charge is 0.323 e. The molecule has 124 valence electrons. The van der Waals surface area contributed by atoms with Gasteiger partial charge in [-0.1, -0.05) is 10.8 Å². The Balaban J connectivity index is 0. The maximum Gasteiger partial charge on any atom is 0.389 e. The second-order valence-corrected chi connectivity index (χ2v) is 5.46. The molecule has 0 aliphatic heterocycles. The van der Waals surface area contributed by atoms with Crippen LogP contribution in [0.25, 0.3) is 0 Å². The lowest BCUT2D eigenvalue weighted by atomic mass is 10.1. The molecule has 0 saturated carbocycles. The summed E-state index contributed by atoms with van der Waals surface area (Å²) in [5, 5.41) is -1.68. The molecule has 0 rings (SSSR count). The maximum atomic E-state index is 12.7. The van der Waals surface area contributed by atoms with Crippen LogP contribution in [0, 0.1) is 0 Å². The fourth-order valence-electron chi connectivity index (χ4n) is 1.00. The zero-order valence-corrected chi connectivity index (χ0v) is 11.8. The van der Waals surface area contributed by atoms with Crippen LogP contribution in [0.15, 0.2) is 0 Å². The lowest BCUT2D eigenvalue weighted by Crippen LogP contribution is -2.28. The van der Waals surface area contributed by atoms with Crippen molar-refractivity contribution in [2.45, 2.75) is 43.5 Å². The Bertz CT molecular complexity index is 344. The average Bonchev–Trinajstić information content (AvgIpc) is 2.27. The van der Waals surface area contributed by atoms with Crippen molar-refractivity contribution in [3.8, 4) is 0 Å². The van der Waals surface area contributed by atoms with Crippen molar-refractivity contribution < 1.29 is 39.3 Å². The van der Waals surface area contributed by atoms with Crippen LogP contribution in [-0.4, -0.2) is 33.9 Å². The number of hydrogen-bond acceptors (Lipinski definition) is 4. The van der Waals surface area contributed by atoms with E-state index in [4.69, 9.17) is 0 Å². The molecule has 0 spiro atoms. The summed E-state index contributed by atoms with van der Waals surface area (Å²) in [5.74, 6) is 0. The molecule has 20 heavy (non-hydrogen) atoms. The van der Waals surface area contributed by atoms with E-state index >= 15 is 0 Å². The molecule has 0 saturated heterocycles. The van der Waals surface area contributed by atoms with Gasteiger partial charge in [-0.3, -0.25) is 0 Å². The van der Waals surface area contributed by atoms with Crippen LogP contribution >= 0.6 is 0 Å². The van der Waals surface area contributed by atoms with E-state index in [0.717, 1.165) is 0 Å². The molecule has 11 heteroatoms. The molecule has 0 unspecified atom stereocenters. The van der Waals surface area contributed by atoms with Crippen molar-refractivity contribution in [1.29, 1.82) is 0 Å². The highest BCUT2D eigenvalue weighted by molar-refractivity contribution is 7.87. The maximum absolute atomic E-state index is 12.7. The number of halogens is 6. The van der Waals surface area contributed by atoms with Crippen molar-refractivity contribution in [3.63, 3.8) is 0 Å². The van der Waals surface area contributed by atoms with E-state index in [2.05, 4.69) is 9.70 Å². The van der Waals surface area contributed by atoms with Gasteiger partial charge in [0.05, 0.1) is 0 Å². The fraction of sp³-hybridized carbons (Fsp3) is 1.00. The Kier molecular flexibility index (Phi) is 10.2. The van der Waals surface area contributed by atoms with Gasteiger partial charge in [0, 0.05) is 12.8 Å². The van der Waals surface area contributed by atoms with Gasteiger partial charge in [-0.25, -0.2) is 0 Å². The average molecular weight is 333 g/mol. The van der Waals surface area contributed by atoms with E-state index in [0.29, 0.717) is 0 Å². The summed E-state index contributed by atoms with van der Waals surface area (Å²) < 4.78 is 94.4. The minimum Gasteiger partial charge on any atom is -0.323 e. The van der Waals surface area contributed by atoms with Crippen LogP contribution in [0.5, 0.6) is 0 Å². The molecule has 0 aromatic carbocycles. The van der Waals surface area contributed by atoms with Crippen molar-refractivity contribution in [2.75, 3.05) is 14.1 Å². The minimum atomic E-state index is -5.64. The largest absolute Gasteiger partial charge is 0.389 e. The monoisotopic (exact) mass is 333 g/mol. The predicted octanol–water partition coefficient (Wildman–Crippen LogP) is 3.16. The van der Waals surface area contributed by atoms with Crippen LogP contribution in [0.1, 0.15) is 32.1 Å². The van der Waals surface area contributed by atoms with Crippen LogP contribution in [0.4, 0.5) is 26.5 Å². The quantitative estimate of drug-likeness (QED) is 0.574. The third-order valence-electron chi connectivity index (χ3n) is 1.88. The van der Waals surface area contributed by atoms with Gasteiger partial charge in [-0.05, 0) is 31.5 Å². The van der Waals surface area contributed by atoms with Crippen LogP contribution in [0.3, 0.4) is 0 Å². The van der Waals surface area contributed by atoms with E-state index in [-0.39, 0.29) is 6.42 Å². The lowest BCUT2D eigenvalue weighted by molar-refractivity contribution is -0.135. The predicted molar refractivity (Wildman–Crippen MR) is 60.2 cm³/mol. The van der Waals surface area contributed by atoms with Gasteiger partial charge in [-0.2, -0.15) is 30.4 Å². The van der Waals surface area contributed by atoms with Crippen LogP contribution in [0.2, 0.25) is 0 Å². The van der Waals surface area contributed by atoms with Crippen molar-refractivity contribution >= 4 is 10.1 Å². The molecule has 0 aliphatic rings. The number of rotatable bonds is 7. The number of hydrogen-bond donors (Lipinski definition) is 1. The van der Waals surface area contributed by atoms with Crippen molar-refractivity contribution in [2.24, 2.45) is 0 Å². The normalized spacial score (nSPS) is 12.8. The molecular formula is C9H17F6NO3S.